The third kappa shape index (κ3) is 4.89. The number of amides is 1. The zero-order valence-corrected chi connectivity index (χ0v) is 20.1. The summed E-state index contributed by atoms with van der Waals surface area (Å²) in [6, 6.07) is 6.52. The summed E-state index contributed by atoms with van der Waals surface area (Å²) in [5, 5.41) is 0. The van der Waals surface area contributed by atoms with E-state index in [1.807, 2.05) is 0 Å². The molecule has 11 heteroatoms. The highest BCUT2D eigenvalue weighted by atomic mass is 32.2. The number of carbonyl (C=O) groups is 1. The van der Waals surface area contributed by atoms with Crippen molar-refractivity contribution < 1.29 is 26.7 Å². The van der Waals surface area contributed by atoms with Crippen LogP contribution in [-0.4, -0.2) is 68.0 Å². The van der Waals surface area contributed by atoms with Crippen LogP contribution < -0.4 is 4.90 Å². The molecule has 3 aliphatic rings. The number of aromatic nitrogens is 1. The van der Waals surface area contributed by atoms with Crippen LogP contribution in [0.25, 0.3) is 0 Å². The minimum atomic E-state index is -3.73. The van der Waals surface area contributed by atoms with Gasteiger partial charge < -0.3 is 4.74 Å². The van der Waals surface area contributed by atoms with E-state index in [0.29, 0.717) is 50.6 Å². The fourth-order valence-electron chi connectivity index (χ4n) is 5.30. The molecular weight excluding hydrogens is 478 g/mol. The van der Waals surface area contributed by atoms with Gasteiger partial charge in [0.15, 0.2) is 0 Å². The van der Waals surface area contributed by atoms with Gasteiger partial charge in [0.2, 0.25) is 10.0 Å². The molecular formula is C24H28F2N4O4S. The number of ether oxygens (including phenoxy) is 1. The smallest absolute Gasteiger partial charge is 0.415 e. The van der Waals surface area contributed by atoms with Crippen LogP contribution >= 0.6 is 0 Å². The van der Waals surface area contributed by atoms with E-state index in [1.54, 1.807) is 4.31 Å². The fraction of sp³-hybridized carbons (Fsp3) is 0.500. The normalized spacial score (nSPS) is 21.4. The van der Waals surface area contributed by atoms with E-state index in [0.717, 1.165) is 37.8 Å². The number of sulfonamides is 1. The number of hydrogen-bond donors (Lipinski definition) is 0. The van der Waals surface area contributed by atoms with Crippen LogP contribution in [0.3, 0.4) is 0 Å². The molecule has 188 valence electrons. The van der Waals surface area contributed by atoms with E-state index in [4.69, 9.17) is 4.74 Å². The van der Waals surface area contributed by atoms with Crippen molar-refractivity contribution in [3.8, 4) is 0 Å². The number of likely N-dealkylation sites (tertiary alicyclic amines) is 1. The molecule has 1 aromatic heterocycles. The Bertz CT molecular complexity index is 1200. The van der Waals surface area contributed by atoms with Crippen molar-refractivity contribution in [1.29, 1.82) is 0 Å². The van der Waals surface area contributed by atoms with Gasteiger partial charge in [-0.2, -0.15) is 4.31 Å². The third-order valence-electron chi connectivity index (χ3n) is 7.34. The maximum atomic E-state index is 14.1. The Labute approximate surface area is 203 Å². The minimum absolute atomic E-state index is 0.102. The number of piperidine rings is 2. The van der Waals surface area contributed by atoms with E-state index in [-0.39, 0.29) is 16.9 Å². The predicted molar refractivity (Wildman–Crippen MR) is 124 cm³/mol. The van der Waals surface area contributed by atoms with Crippen molar-refractivity contribution in [2.45, 2.75) is 37.1 Å². The van der Waals surface area contributed by atoms with Crippen LogP contribution in [0.4, 0.5) is 19.4 Å². The minimum Gasteiger partial charge on any atom is -0.447 e. The lowest BCUT2D eigenvalue weighted by atomic mass is 9.73. The fourth-order valence-corrected chi connectivity index (χ4v) is 6.84. The van der Waals surface area contributed by atoms with Crippen molar-refractivity contribution in [2.24, 2.45) is 5.41 Å². The summed E-state index contributed by atoms with van der Waals surface area (Å²) in [5.74, 6) is -0.502. The molecule has 0 radical (unpaired) electrons. The van der Waals surface area contributed by atoms with Crippen molar-refractivity contribution in [2.75, 3.05) is 44.2 Å². The first kappa shape index (κ1) is 24.1. The van der Waals surface area contributed by atoms with Gasteiger partial charge in [-0.05, 0) is 74.5 Å². The summed E-state index contributed by atoms with van der Waals surface area (Å²) in [7, 11) is -3.73. The first-order chi connectivity index (χ1) is 16.8. The molecule has 3 aliphatic heterocycles. The molecule has 5 rings (SSSR count). The van der Waals surface area contributed by atoms with Crippen LogP contribution in [0.15, 0.2) is 41.4 Å². The summed E-state index contributed by atoms with van der Waals surface area (Å²) < 4.78 is 60.8. The van der Waals surface area contributed by atoms with Crippen LogP contribution in [0.5, 0.6) is 0 Å². The quantitative estimate of drug-likeness (QED) is 0.619. The molecule has 0 saturated carbocycles. The van der Waals surface area contributed by atoms with Crippen LogP contribution in [0.1, 0.15) is 31.2 Å². The Morgan fingerprint density at radius 1 is 1.03 bits per heavy atom. The highest BCUT2D eigenvalue weighted by Gasteiger charge is 2.42. The number of nitrogens with zero attached hydrogens (tertiary/aromatic N) is 4. The van der Waals surface area contributed by atoms with Gasteiger partial charge in [0, 0.05) is 31.4 Å². The van der Waals surface area contributed by atoms with Crippen molar-refractivity contribution in [3.63, 3.8) is 0 Å². The number of halogens is 2. The molecule has 4 heterocycles. The van der Waals surface area contributed by atoms with Gasteiger partial charge in [0.25, 0.3) is 0 Å². The van der Waals surface area contributed by atoms with E-state index in [9.17, 15) is 22.0 Å². The van der Waals surface area contributed by atoms with Crippen molar-refractivity contribution in [1.82, 2.24) is 14.2 Å². The lowest BCUT2D eigenvalue weighted by Gasteiger charge is -2.47. The zero-order chi connectivity index (χ0) is 24.6. The van der Waals surface area contributed by atoms with E-state index >= 15 is 0 Å². The first-order valence-electron chi connectivity index (χ1n) is 11.8. The Hall–Kier alpha value is -2.63. The van der Waals surface area contributed by atoms with E-state index < -0.39 is 27.8 Å². The number of pyridine rings is 1. The van der Waals surface area contributed by atoms with Crippen LogP contribution in [-0.2, 0) is 21.3 Å². The lowest BCUT2D eigenvalue weighted by Crippen LogP contribution is -2.50. The SMILES string of the molecule is O=C1OCCN1c1ccc(S(=O)(=O)N2CCCC3(CCN(Cc4cc(F)ccc4F)CC3)C2)cn1. The first-order valence-corrected chi connectivity index (χ1v) is 13.3. The van der Waals surface area contributed by atoms with Gasteiger partial charge in [-0.15, -0.1) is 0 Å². The molecule has 0 bridgehead atoms. The summed E-state index contributed by atoms with van der Waals surface area (Å²) in [6.07, 6.45) is 4.11. The Morgan fingerprint density at radius 2 is 1.83 bits per heavy atom. The average molecular weight is 507 g/mol. The second-order valence-corrected chi connectivity index (χ2v) is 11.5. The summed E-state index contributed by atoms with van der Waals surface area (Å²) in [4.78, 5) is 19.5. The maximum Gasteiger partial charge on any atom is 0.415 e. The third-order valence-corrected chi connectivity index (χ3v) is 9.17. The summed E-state index contributed by atoms with van der Waals surface area (Å²) in [6.45, 7) is 3.28. The lowest BCUT2D eigenvalue weighted by molar-refractivity contribution is 0.0491. The van der Waals surface area contributed by atoms with Crippen LogP contribution in [0, 0.1) is 17.0 Å². The average Bonchev–Trinajstić information content (AvgIpc) is 3.29. The standard InChI is InChI=1S/C24H28F2N4O4S/c25-19-2-4-21(26)18(14-19)16-28-10-7-24(8-11-28)6-1-9-29(17-24)35(32,33)20-3-5-22(27-15-20)30-12-13-34-23(30)31/h2-5,14-15H,1,6-13,16-17H2. The van der Waals surface area contributed by atoms with Crippen molar-refractivity contribution >= 4 is 21.9 Å². The van der Waals surface area contributed by atoms with Crippen molar-refractivity contribution in [3.05, 3.63) is 53.7 Å². The molecule has 0 N–H and O–H groups in total. The monoisotopic (exact) mass is 506 g/mol. The highest BCUT2D eigenvalue weighted by molar-refractivity contribution is 7.89. The van der Waals surface area contributed by atoms with Gasteiger partial charge in [-0.25, -0.2) is 27.0 Å². The highest BCUT2D eigenvalue weighted by Crippen LogP contribution is 2.41. The molecule has 8 nitrogen and oxygen atoms in total. The number of rotatable bonds is 5. The van der Waals surface area contributed by atoms with Crippen LogP contribution in [0.2, 0.25) is 0 Å². The Morgan fingerprint density at radius 3 is 2.51 bits per heavy atom. The molecule has 1 aromatic carbocycles. The Kier molecular flexibility index (Phi) is 6.49. The molecule has 2 aromatic rings. The molecule has 0 aliphatic carbocycles. The number of cyclic esters (lactones) is 1. The number of benzene rings is 1. The molecule has 0 atom stereocenters. The maximum absolute atomic E-state index is 14.1. The molecule has 1 spiro atoms. The second kappa shape index (κ2) is 9.44. The number of carbonyl (C=O) groups excluding carboxylic acids is 1. The molecule has 3 fully saturated rings. The zero-order valence-electron chi connectivity index (χ0n) is 19.3. The van der Waals surface area contributed by atoms with E-state index in [1.165, 1.54) is 29.3 Å². The van der Waals surface area contributed by atoms with Gasteiger partial charge in [0.05, 0.1) is 6.54 Å². The second-order valence-electron chi connectivity index (χ2n) is 9.57. The largest absolute Gasteiger partial charge is 0.447 e. The molecule has 3 saturated heterocycles. The Balaban J connectivity index is 1.24. The topological polar surface area (TPSA) is 83.0 Å². The van der Waals surface area contributed by atoms with E-state index in [2.05, 4.69) is 9.88 Å². The van der Waals surface area contributed by atoms with Gasteiger partial charge >= 0.3 is 6.09 Å². The van der Waals surface area contributed by atoms with Gasteiger partial charge in [-0.1, -0.05) is 0 Å². The molecule has 0 unspecified atom stereocenters. The number of hydrogen-bond acceptors (Lipinski definition) is 6. The summed E-state index contributed by atoms with van der Waals surface area (Å²) >= 11 is 0. The summed E-state index contributed by atoms with van der Waals surface area (Å²) in [5.41, 5.74) is 0.210. The van der Waals surface area contributed by atoms with Gasteiger partial charge in [-0.3, -0.25) is 9.80 Å². The molecule has 1 amide bonds. The molecule has 35 heavy (non-hydrogen) atoms. The van der Waals surface area contributed by atoms with Gasteiger partial charge in [0.1, 0.15) is 29.0 Å². The number of anilines is 1. The predicted octanol–water partition coefficient (Wildman–Crippen LogP) is 3.38.